The van der Waals surface area contributed by atoms with E-state index in [0.717, 1.165) is 24.4 Å². The minimum absolute atomic E-state index is 0. The summed E-state index contributed by atoms with van der Waals surface area (Å²) < 4.78 is 5.25. The Bertz CT molecular complexity index is 456. The molecule has 0 unspecified atom stereocenters. The quantitative estimate of drug-likeness (QED) is 0.492. The third kappa shape index (κ3) is 4.54. The Morgan fingerprint density at radius 3 is 2.60 bits per heavy atom. The lowest BCUT2D eigenvalue weighted by Crippen LogP contribution is -2.40. The first-order chi connectivity index (χ1) is 9.20. The van der Waals surface area contributed by atoms with Crippen molar-refractivity contribution < 1.29 is 4.74 Å². The minimum atomic E-state index is 0. The van der Waals surface area contributed by atoms with Gasteiger partial charge in [0, 0.05) is 13.1 Å². The molecule has 2 N–H and O–H groups in total. The molecule has 0 saturated carbocycles. The number of hydrogen-bond donors (Lipinski definition) is 1. The van der Waals surface area contributed by atoms with E-state index in [-0.39, 0.29) is 24.0 Å². The molecule has 0 spiro atoms. The number of aryl methyl sites for hydroxylation is 1. The molecule has 1 aliphatic heterocycles. The highest BCUT2D eigenvalue weighted by atomic mass is 127. The summed E-state index contributed by atoms with van der Waals surface area (Å²) in [6, 6.07) is 6.13. The lowest BCUT2D eigenvalue weighted by Gasteiger charge is -2.27. The molecule has 5 heteroatoms. The molecule has 0 amide bonds. The number of likely N-dealkylation sites (tertiary alicyclic amines) is 1. The summed E-state index contributed by atoms with van der Waals surface area (Å²) in [4.78, 5) is 6.67. The maximum Gasteiger partial charge on any atom is 0.191 e. The van der Waals surface area contributed by atoms with E-state index in [0.29, 0.717) is 12.5 Å². The Labute approximate surface area is 138 Å². The third-order valence-electron chi connectivity index (χ3n) is 3.56. The van der Waals surface area contributed by atoms with Crippen LogP contribution < -0.4 is 10.5 Å². The van der Waals surface area contributed by atoms with E-state index in [1.165, 1.54) is 24.8 Å². The number of aliphatic imine (C=N–C) groups is 1. The maximum atomic E-state index is 6.04. The predicted molar refractivity (Wildman–Crippen MR) is 93.9 cm³/mol. The molecule has 1 aliphatic rings. The number of methoxy groups -OCH3 is 1. The van der Waals surface area contributed by atoms with Gasteiger partial charge in [-0.15, -0.1) is 24.0 Å². The minimum Gasteiger partial charge on any atom is -0.496 e. The van der Waals surface area contributed by atoms with Gasteiger partial charge in [0.1, 0.15) is 5.75 Å². The number of nitrogens with zero attached hydrogens (tertiary/aromatic N) is 2. The van der Waals surface area contributed by atoms with E-state index in [2.05, 4.69) is 16.0 Å². The van der Waals surface area contributed by atoms with Crippen molar-refractivity contribution in [3.63, 3.8) is 0 Å². The molecule has 0 aliphatic carbocycles. The SMILES string of the molecule is COc1ccc(CN=C(N)N2CCCCC2)cc1C.I. The second-order valence-electron chi connectivity index (χ2n) is 5.03. The summed E-state index contributed by atoms with van der Waals surface area (Å²) in [5.74, 6) is 1.59. The van der Waals surface area contributed by atoms with Crippen LogP contribution in [-0.4, -0.2) is 31.1 Å². The van der Waals surface area contributed by atoms with Crippen molar-refractivity contribution in [3.05, 3.63) is 29.3 Å². The fourth-order valence-electron chi connectivity index (χ4n) is 2.43. The fourth-order valence-corrected chi connectivity index (χ4v) is 2.43. The van der Waals surface area contributed by atoms with E-state index in [4.69, 9.17) is 10.5 Å². The Kier molecular flexibility index (Phi) is 7.12. The van der Waals surface area contributed by atoms with Gasteiger partial charge >= 0.3 is 0 Å². The van der Waals surface area contributed by atoms with Crippen molar-refractivity contribution in [2.45, 2.75) is 32.7 Å². The van der Waals surface area contributed by atoms with Crippen molar-refractivity contribution in [3.8, 4) is 5.75 Å². The molecular formula is C15H24IN3O. The standard InChI is InChI=1S/C15H23N3O.HI/c1-12-10-13(6-7-14(12)19-2)11-17-15(16)18-8-4-3-5-9-18;/h6-7,10H,3-5,8-9,11H2,1-2H3,(H2,16,17);1H. The van der Waals surface area contributed by atoms with Crippen LogP contribution >= 0.6 is 24.0 Å². The largest absolute Gasteiger partial charge is 0.496 e. The number of ether oxygens (including phenoxy) is 1. The summed E-state index contributed by atoms with van der Waals surface area (Å²) in [7, 11) is 1.69. The van der Waals surface area contributed by atoms with Gasteiger partial charge in [0.05, 0.1) is 13.7 Å². The summed E-state index contributed by atoms with van der Waals surface area (Å²) in [6.45, 7) is 4.75. The van der Waals surface area contributed by atoms with Crippen LogP contribution in [0.4, 0.5) is 0 Å². The highest BCUT2D eigenvalue weighted by molar-refractivity contribution is 14.0. The average molecular weight is 389 g/mol. The summed E-state index contributed by atoms with van der Waals surface area (Å²) in [6.07, 6.45) is 3.75. The first-order valence-corrected chi connectivity index (χ1v) is 6.89. The van der Waals surface area contributed by atoms with Crippen LogP contribution in [-0.2, 0) is 6.54 Å². The Balaban J connectivity index is 0.00000200. The van der Waals surface area contributed by atoms with Crippen molar-refractivity contribution in [1.29, 1.82) is 0 Å². The fraction of sp³-hybridized carbons (Fsp3) is 0.533. The average Bonchev–Trinajstić information content (AvgIpc) is 2.46. The van der Waals surface area contributed by atoms with Crippen molar-refractivity contribution in [2.24, 2.45) is 10.7 Å². The summed E-state index contributed by atoms with van der Waals surface area (Å²) >= 11 is 0. The van der Waals surface area contributed by atoms with Gasteiger partial charge in [-0.1, -0.05) is 12.1 Å². The van der Waals surface area contributed by atoms with Gasteiger partial charge in [0.15, 0.2) is 5.96 Å². The van der Waals surface area contributed by atoms with Crippen LogP contribution in [0.25, 0.3) is 0 Å². The molecule has 0 aromatic heterocycles. The van der Waals surface area contributed by atoms with E-state index in [9.17, 15) is 0 Å². The van der Waals surface area contributed by atoms with Crippen molar-refractivity contribution >= 4 is 29.9 Å². The Morgan fingerprint density at radius 2 is 2.00 bits per heavy atom. The zero-order valence-corrected chi connectivity index (χ0v) is 14.6. The zero-order chi connectivity index (χ0) is 13.7. The van der Waals surface area contributed by atoms with Crippen LogP contribution in [0.15, 0.2) is 23.2 Å². The molecule has 1 aromatic rings. The van der Waals surface area contributed by atoms with Crippen LogP contribution in [0.5, 0.6) is 5.75 Å². The molecule has 1 heterocycles. The van der Waals surface area contributed by atoms with Gasteiger partial charge in [-0.2, -0.15) is 0 Å². The zero-order valence-electron chi connectivity index (χ0n) is 12.3. The number of rotatable bonds is 3. The molecule has 112 valence electrons. The van der Waals surface area contributed by atoms with Crippen LogP contribution in [0.3, 0.4) is 0 Å². The third-order valence-corrected chi connectivity index (χ3v) is 3.56. The van der Waals surface area contributed by atoms with Gasteiger partial charge in [-0.05, 0) is 43.4 Å². The second kappa shape index (κ2) is 8.34. The predicted octanol–water partition coefficient (Wildman–Crippen LogP) is 2.92. The molecule has 0 bridgehead atoms. The number of piperidine rings is 1. The van der Waals surface area contributed by atoms with Crippen molar-refractivity contribution in [2.75, 3.05) is 20.2 Å². The number of halogens is 1. The Hall–Kier alpha value is -0.980. The van der Waals surface area contributed by atoms with E-state index < -0.39 is 0 Å². The summed E-state index contributed by atoms with van der Waals surface area (Å²) in [5, 5.41) is 0. The molecule has 4 nitrogen and oxygen atoms in total. The first-order valence-electron chi connectivity index (χ1n) is 6.89. The maximum absolute atomic E-state index is 6.04. The molecule has 20 heavy (non-hydrogen) atoms. The van der Waals surface area contributed by atoms with Crippen LogP contribution in [0, 0.1) is 6.92 Å². The topological polar surface area (TPSA) is 50.9 Å². The lowest BCUT2D eigenvalue weighted by molar-refractivity contribution is 0.338. The number of nitrogens with two attached hydrogens (primary N) is 1. The molecule has 1 aromatic carbocycles. The van der Waals surface area contributed by atoms with E-state index in [1.54, 1.807) is 7.11 Å². The smallest absolute Gasteiger partial charge is 0.191 e. The molecular weight excluding hydrogens is 365 g/mol. The number of benzene rings is 1. The summed E-state index contributed by atoms with van der Waals surface area (Å²) in [5.41, 5.74) is 8.34. The van der Waals surface area contributed by atoms with Gasteiger partial charge in [0.25, 0.3) is 0 Å². The normalized spacial score (nSPS) is 15.7. The highest BCUT2D eigenvalue weighted by Gasteiger charge is 2.11. The molecule has 2 rings (SSSR count). The lowest BCUT2D eigenvalue weighted by atomic mass is 10.1. The van der Waals surface area contributed by atoms with Gasteiger partial charge < -0.3 is 15.4 Å². The molecule has 0 atom stereocenters. The first kappa shape index (κ1) is 17.1. The number of hydrogen-bond acceptors (Lipinski definition) is 2. The van der Waals surface area contributed by atoms with Gasteiger partial charge in [0.2, 0.25) is 0 Å². The van der Waals surface area contributed by atoms with Crippen LogP contribution in [0.1, 0.15) is 30.4 Å². The van der Waals surface area contributed by atoms with Gasteiger partial charge in [-0.25, -0.2) is 4.99 Å². The second-order valence-corrected chi connectivity index (χ2v) is 5.03. The Morgan fingerprint density at radius 1 is 1.30 bits per heavy atom. The van der Waals surface area contributed by atoms with E-state index >= 15 is 0 Å². The molecule has 0 radical (unpaired) electrons. The van der Waals surface area contributed by atoms with Crippen molar-refractivity contribution in [1.82, 2.24) is 4.90 Å². The highest BCUT2D eigenvalue weighted by Crippen LogP contribution is 2.19. The molecule has 1 saturated heterocycles. The van der Waals surface area contributed by atoms with E-state index in [1.807, 2.05) is 19.1 Å². The monoisotopic (exact) mass is 389 g/mol. The number of guanidine groups is 1. The van der Waals surface area contributed by atoms with Gasteiger partial charge in [-0.3, -0.25) is 0 Å². The van der Waals surface area contributed by atoms with Crippen LogP contribution in [0.2, 0.25) is 0 Å². The molecule has 1 fully saturated rings.